The van der Waals surface area contributed by atoms with Gasteiger partial charge in [0, 0.05) is 41.7 Å². The number of aryl methyl sites for hydroxylation is 1. The lowest BCUT2D eigenvalue weighted by Gasteiger charge is -2.14. The largest absolute Gasteiger partial charge is 0.396 e. The maximum atomic E-state index is 11.7. The highest BCUT2D eigenvalue weighted by Crippen LogP contribution is 2.33. The molecule has 2 fully saturated rings. The van der Waals surface area contributed by atoms with Gasteiger partial charge in [-0.1, -0.05) is 17.3 Å². The second kappa shape index (κ2) is 11.5. The van der Waals surface area contributed by atoms with Crippen molar-refractivity contribution in [3.05, 3.63) is 61.5 Å². The van der Waals surface area contributed by atoms with Crippen molar-refractivity contribution < 1.29 is 14.9 Å². The molecule has 1 aliphatic heterocycles. The second-order valence-electron chi connectivity index (χ2n) is 10.1. The van der Waals surface area contributed by atoms with E-state index in [4.69, 9.17) is 21.1 Å². The van der Waals surface area contributed by atoms with Crippen molar-refractivity contribution >= 4 is 22.9 Å². The number of allylic oxidation sites excluding steroid dienone is 1. The third kappa shape index (κ3) is 5.70. The van der Waals surface area contributed by atoms with Crippen LogP contribution < -0.4 is 22.3 Å². The molecule has 40 heavy (non-hydrogen) atoms. The molecule has 0 spiro atoms. The minimum Gasteiger partial charge on any atom is -0.396 e. The molecule has 0 bridgehead atoms. The van der Waals surface area contributed by atoms with Crippen LogP contribution in [0.4, 0.5) is 11.8 Å². The van der Waals surface area contributed by atoms with Gasteiger partial charge in [0.15, 0.2) is 17.0 Å². The average molecular weight is 554 g/mol. The summed E-state index contributed by atoms with van der Waals surface area (Å²) in [7, 11) is 0. The van der Waals surface area contributed by atoms with Crippen LogP contribution in [0.1, 0.15) is 43.5 Å². The number of aromatic amines is 1. The molecule has 6 rings (SSSR count). The maximum Gasteiger partial charge on any atom is 0.330 e. The summed E-state index contributed by atoms with van der Waals surface area (Å²) in [5.41, 5.74) is 15.1. The first kappa shape index (κ1) is 27.3. The number of hydrogen-bond acceptors (Lipinski definition) is 11. The number of aliphatic hydroxyl groups excluding tert-OH is 2. The summed E-state index contributed by atoms with van der Waals surface area (Å²) in [6.07, 6.45) is 9.43. The predicted molar refractivity (Wildman–Crippen MR) is 144 cm³/mol. The molecule has 0 radical (unpaired) electrons. The zero-order chi connectivity index (χ0) is 28.4. The van der Waals surface area contributed by atoms with Crippen LogP contribution >= 0.6 is 0 Å². The molecule has 16 nitrogen and oxygen atoms in total. The molecule has 3 aromatic heterocycles. The standard InChI is InChI=1S/C14H18N6O.C10H13N5O4/c15-14-18-12(17-9-2-3-9)11-13(19-14)20(7-16-11)10-4-1-8(5-10)6-21;1-5-3-15(10(18)12-9(5)17)8-2-6(13-14-11)7(4-16)19-8/h1,4,7-10,21H,2-3,5-6H2,(H3,15,17,18,19);3,6-8,16H,2,4H2,1H3,(H,12,17,18)/t8-,10+;6-,7+,8+/m10/s1. The highest BCUT2D eigenvalue weighted by atomic mass is 16.5. The van der Waals surface area contributed by atoms with Crippen molar-refractivity contribution in [2.24, 2.45) is 11.0 Å². The zero-order valence-electron chi connectivity index (χ0n) is 21.8. The number of anilines is 2. The molecule has 6 N–H and O–H groups in total. The van der Waals surface area contributed by atoms with Crippen molar-refractivity contribution in [2.75, 3.05) is 24.3 Å². The van der Waals surface area contributed by atoms with Crippen LogP contribution in [0.15, 0.2) is 39.4 Å². The van der Waals surface area contributed by atoms with Gasteiger partial charge in [0.1, 0.15) is 6.23 Å². The minimum atomic E-state index is -0.671. The highest BCUT2D eigenvalue weighted by Gasteiger charge is 2.35. The van der Waals surface area contributed by atoms with E-state index >= 15 is 0 Å². The van der Waals surface area contributed by atoms with E-state index in [1.165, 1.54) is 10.8 Å². The summed E-state index contributed by atoms with van der Waals surface area (Å²) in [4.78, 5) is 40.9. The highest BCUT2D eigenvalue weighted by molar-refractivity contribution is 5.84. The van der Waals surface area contributed by atoms with Crippen LogP contribution in [0.2, 0.25) is 0 Å². The Bertz CT molecular complexity index is 1570. The summed E-state index contributed by atoms with van der Waals surface area (Å²) in [5, 5.41) is 25.3. The van der Waals surface area contributed by atoms with Gasteiger partial charge in [-0.05, 0) is 31.7 Å². The van der Waals surface area contributed by atoms with Crippen LogP contribution in [0.25, 0.3) is 21.6 Å². The SMILES string of the molecule is Cc1cn([C@H]2C[C@H](N=[N+]=[N-])[C@@H](CO)O2)c(=O)[nH]c1=O.Nc1nc(NC2CC2)c2ncn([C@H]3C=C[C@@H](CO)C3)c2n1. The number of nitrogens with two attached hydrogens (primary N) is 1. The number of aromatic nitrogens is 6. The summed E-state index contributed by atoms with van der Waals surface area (Å²) in [6.45, 7) is 1.43. The number of aliphatic hydroxyl groups is 2. The normalized spacial score (nSPS) is 25.4. The van der Waals surface area contributed by atoms with Crippen LogP contribution in [-0.4, -0.2) is 70.7 Å². The fourth-order valence-electron chi connectivity index (χ4n) is 4.83. The fourth-order valence-corrected chi connectivity index (χ4v) is 4.83. The number of H-pyrrole nitrogens is 1. The average Bonchev–Trinajstić information content (AvgIpc) is 3.29. The monoisotopic (exact) mass is 553 g/mol. The van der Waals surface area contributed by atoms with E-state index in [2.05, 4.69) is 41.4 Å². The van der Waals surface area contributed by atoms with E-state index in [9.17, 15) is 14.7 Å². The van der Waals surface area contributed by atoms with E-state index < -0.39 is 29.6 Å². The Labute approximate surface area is 227 Å². The molecule has 3 aromatic rings. The zero-order valence-corrected chi connectivity index (χ0v) is 21.8. The van der Waals surface area contributed by atoms with Crippen LogP contribution in [-0.2, 0) is 4.74 Å². The number of hydrogen-bond donors (Lipinski definition) is 5. The Morgan fingerprint density at radius 3 is 2.70 bits per heavy atom. The molecule has 5 atom stereocenters. The molecule has 0 amide bonds. The van der Waals surface area contributed by atoms with E-state index in [0.717, 1.165) is 36.2 Å². The Morgan fingerprint density at radius 2 is 2.02 bits per heavy atom. The second-order valence-corrected chi connectivity index (χ2v) is 10.1. The lowest BCUT2D eigenvalue weighted by molar-refractivity contribution is -0.0271. The maximum absolute atomic E-state index is 11.7. The van der Waals surface area contributed by atoms with Gasteiger partial charge in [0.05, 0.1) is 31.1 Å². The molecular weight excluding hydrogens is 522 g/mol. The van der Waals surface area contributed by atoms with Crippen molar-refractivity contribution in [3.8, 4) is 0 Å². The van der Waals surface area contributed by atoms with E-state index in [1.807, 2.05) is 10.6 Å². The van der Waals surface area contributed by atoms with E-state index in [-0.39, 0.29) is 37.5 Å². The first-order valence-corrected chi connectivity index (χ1v) is 13.0. The molecule has 0 unspecified atom stereocenters. The lowest BCUT2D eigenvalue weighted by atomic mass is 10.1. The number of azide groups is 1. The Hall–Kier alpha value is -4.24. The molecule has 16 heteroatoms. The van der Waals surface area contributed by atoms with Crippen LogP contribution in [0.5, 0.6) is 0 Å². The van der Waals surface area contributed by atoms with Gasteiger partial charge in [-0.15, -0.1) is 0 Å². The summed E-state index contributed by atoms with van der Waals surface area (Å²) in [5.74, 6) is 1.18. The minimum absolute atomic E-state index is 0.162. The molecule has 2 aliphatic carbocycles. The number of ether oxygens (including phenoxy) is 1. The topological polar surface area (TPSA) is 235 Å². The van der Waals surface area contributed by atoms with Gasteiger partial charge in [-0.2, -0.15) is 9.97 Å². The van der Waals surface area contributed by atoms with E-state index in [1.54, 1.807) is 13.3 Å². The first-order valence-electron chi connectivity index (χ1n) is 13.0. The molecule has 4 heterocycles. The Balaban J connectivity index is 0.000000162. The van der Waals surface area contributed by atoms with Crippen molar-refractivity contribution in [2.45, 2.75) is 63.1 Å². The summed E-state index contributed by atoms with van der Waals surface area (Å²) in [6, 6.07) is 0.104. The lowest BCUT2D eigenvalue weighted by Crippen LogP contribution is -2.33. The van der Waals surface area contributed by atoms with Gasteiger partial charge in [-0.3, -0.25) is 14.3 Å². The Morgan fingerprint density at radius 1 is 1.23 bits per heavy atom. The number of fused-ring (bicyclic) bond motifs is 1. The molecule has 0 aromatic carbocycles. The molecule has 212 valence electrons. The predicted octanol–water partition coefficient (Wildman–Crippen LogP) is 0.896. The first-order chi connectivity index (χ1) is 19.3. The van der Waals surface area contributed by atoms with Crippen LogP contribution in [0, 0.1) is 12.8 Å². The number of nitrogens with one attached hydrogen (secondary N) is 2. The fraction of sp³-hybridized carbons (Fsp3) is 0.542. The van der Waals surface area contributed by atoms with Crippen molar-refractivity contribution in [1.82, 2.24) is 29.1 Å². The summed E-state index contributed by atoms with van der Waals surface area (Å²) < 4.78 is 8.70. The Kier molecular flexibility index (Phi) is 7.84. The third-order valence-electron chi connectivity index (χ3n) is 7.14. The number of nitrogens with zero attached hydrogens (tertiary/aromatic N) is 8. The van der Waals surface area contributed by atoms with Gasteiger partial charge in [0.25, 0.3) is 5.56 Å². The van der Waals surface area contributed by atoms with Gasteiger partial charge < -0.3 is 30.6 Å². The number of nitrogen functional groups attached to an aromatic ring is 1. The number of imidazole rings is 1. The quantitative estimate of drug-likeness (QED) is 0.120. The smallest absolute Gasteiger partial charge is 0.330 e. The summed E-state index contributed by atoms with van der Waals surface area (Å²) >= 11 is 0. The van der Waals surface area contributed by atoms with Crippen LogP contribution in [0.3, 0.4) is 0 Å². The molecule has 3 aliphatic rings. The third-order valence-corrected chi connectivity index (χ3v) is 7.14. The van der Waals surface area contributed by atoms with Gasteiger partial charge >= 0.3 is 5.69 Å². The number of rotatable bonds is 7. The molecule has 1 saturated carbocycles. The van der Waals surface area contributed by atoms with Gasteiger partial charge in [-0.25, -0.2) is 9.78 Å². The van der Waals surface area contributed by atoms with E-state index in [0.29, 0.717) is 11.6 Å². The van der Waals surface area contributed by atoms with Crippen molar-refractivity contribution in [1.29, 1.82) is 0 Å². The van der Waals surface area contributed by atoms with Gasteiger partial charge in [0.2, 0.25) is 5.95 Å². The molecule has 1 saturated heterocycles. The molecular formula is C24H31N11O5. The van der Waals surface area contributed by atoms with Crippen molar-refractivity contribution in [3.63, 3.8) is 0 Å².